The van der Waals surface area contributed by atoms with Crippen LogP contribution in [-0.4, -0.2) is 24.1 Å². The van der Waals surface area contributed by atoms with Crippen molar-refractivity contribution < 1.29 is 14.3 Å². The first-order valence-electron chi connectivity index (χ1n) is 9.49. The van der Waals surface area contributed by atoms with Gasteiger partial charge in [-0.05, 0) is 12.1 Å². The molecule has 0 spiro atoms. The molecule has 0 bridgehead atoms. The van der Waals surface area contributed by atoms with Crippen LogP contribution in [0, 0.1) is 0 Å². The summed E-state index contributed by atoms with van der Waals surface area (Å²) >= 11 is 3.18. The number of nitrogens with zero attached hydrogens (tertiary/aromatic N) is 1. The van der Waals surface area contributed by atoms with E-state index in [4.69, 9.17) is 9.47 Å². The standard InChI is InChI=1S/C22H22N2O3S2/c1-14(2)22-23-15(13-28-22)10-21(25)24-17-11-18-19(27-9-8-26-18)12-20(17)29-16-6-4-3-5-7-16/h3-7,11-14H,8-10H2,1-2H3,(H,24,25). The van der Waals surface area contributed by atoms with Gasteiger partial charge in [0, 0.05) is 33.2 Å². The molecule has 1 aliphatic heterocycles. The molecule has 3 aromatic rings. The summed E-state index contributed by atoms with van der Waals surface area (Å²) in [5.41, 5.74) is 1.51. The Morgan fingerprint density at radius 2 is 1.90 bits per heavy atom. The van der Waals surface area contributed by atoms with E-state index in [0.717, 1.165) is 20.5 Å². The number of thiazole rings is 1. The van der Waals surface area contributed by atoms with Gasteiger partial charge >= 0.3 is 0 Å². The highest BCUT2D eigenvalue weighted by atomic mass is 32.2. The molecule has 1 aromatic heterocycles. The normalized spacial score (nSPS) is 12.8. The van der Waals surface area contributed by atoms with Gasteiger partial charge in [0.1, 0.15) is 13.2 Å². The molecule has 1 amide bonds. The molecule has 0 fully saturated rings. The van der Waals surface area contributed by atoms with E-state index in [-0.39, 0.29) is 12.3 Å². The van der Waals surface area contributed by atoms with E-state index < -0.39 is 0 Å². The molecule has 1 aliphatic rings. The smallest absolute Gasteiger partial charge is 0.230 e. The average Bonchev–Trinajstić information content (AvgIpc) is 3.18. The zero-order valence-corrected chi connectivity index (χ0v) is 17.9. The minimum Gasteiger partial charge on any atom is -0.486 e. The number of fused-ring (bicyclic) bond motifs is 1. The van der Waals surface area contributed by atoms with Crippen LogP contribution in [0.5, 0.6) is 11.5 Å². The number of hydrogen-bond donors (Lipinski definition) is 1. The predicted octanol–water partition coefficient (Wildman–Crippen LogP) is 5.37. The van der Waals surface area contributed by atoms with E-state index in [1.165, 1.54) is 0 Å². The van der Waals surface area contributed by atoms with Crippen LogP contribution < -0.4 is 14.8 Å². The zero-order valence-electron chi connectivity index (χ0n) is 16.3. The Labute approximate surface area is 178 Å². The lowest BCUT2D eigenvalue weighted by Crippen LogP contribution is -2.18. The molecule has 0 saturated heterocycles. The minimum atomic E-state index is -0.0998. The molecular weight excluding hydrogens is 404 g/mol. The van der Waals surface area contributed by atoms with Crippen molar-refractivity contribution in [3.8, 4) is 11.5 Å². The molecule has 4 rings (SSSR count). The summed E-state index contributed by atoms with van der Waals surface area (Å²) in [6.45, 7) is 5.23. The van der Waals surface area contributed by atoms with E-state index in [0.29, 0.717) is 36.3 Å². The van der Waals surface area contributed by atoms with Crippen molar-refractivity contribution in [2.24, 2.45) is 0 Å². The predicted molar refractivity (Wildman–Crippen MR) is 117 cm³/mol. The Morgan fingerprint density at radius 3 is 2.59 bits per heavy atom. The fraction of sp³-hybridized carbons (Fsp3) is 0.273. The molecule has 1 N–H and O–H groups in total. The van der Waals surface area contributed by atoms with E-state index in [9.17, 15) is 4.79 Å². The second-order valence-electron chi connectivity index (χ2n) is 6.96. The number of carbonyl (C=O) groups is 1. The van der Waals surface area contributed by atoms with Crippen molar-refractivity contribution in [1.82, 2.24) is 4.98 Å². The number of amides is 1. The third-order valence-corrected chi connectivity index (χ3v) is 6.55. The molecule has 150 valence electrons. The quantitative estimate of drug-likeness (QED) is 0.574. The Kier molecular flexibility index (Phi) is 6.06. The molecule has 0 unspecified atom stereocenters. The molecule has 29 heavy (non-hydrogen) atoms. The SMILES string of the molecule is CC(C)c1nc(CC(=O)Nc2cc3c(cc2Sc2ccccc2)OCCO3)cs1. The average molecular weight is 427 g/mol. The molecule has 0 aliphatic carbocycles. The lowest BCUT2D eigenvalue weighted by molar-refractivity contribution is -0.115. The largest absolute Gasteiger partial charge is 0.486 e. The summed E-state index contributed by atoms with van der Waals surface area (Å²) in [6.07, 6.45) is 0.243. The first-order valence-corrected chi connectivity index (χ1v) is 11.2. The van der Waals surface area contributed by atoms with Crippen molar-refractivity contribution in [3.63, 3.8) is 0 Å². The zero-order chi connectivity index (χ0) is 20.2. The molecule has 7 heteroatoms. The molecule has 0 radical (unpaired) electrons. The second-order valence-corrected chi connectivity index (χ2v) is 8.97. The third kappa shape index (κ3) is 4.92. The van der Waals surface area contributed by atoms with Crippen molar-refractivity contribution in [1.29, 1.82) is 0 Å². The Hall–Kier alpha value is -2.51. The molecule has 0 atom stereocenters. The lowest BCUT2D eigenvalue weighted by Gasteiger charge is -2.21. The second kappa shape index (κ2) is 8.88. The van der Waals surface area contributed by atoms with Crippen LogP contribution in [-0.2, 0) is 11.2 Å². The van der Waals surface area contributed by atoms with Gasteiger partial charge in [-0.25, -0.2) is 4.98 Å². The summed E-state index contributed by atoms with van der Waals surface area (Å²) in [4.78, 5) is 19.3. The highest BCUT2D eigenvalue weighted by Crippen LogP contribution is 2.42. The van der Waals surface area contributed by atoms with Gasteiger partial charge in [0.05, 0.1) is 22.8 Å². The van der Waals surface area contributed by atoms with Gasteiger partial charge in [-0.1, -0.05) is 43.8 Å². The summed E-state index contributed by atoms with van der Waals surface area (Å²) in [7, 11) is 0. The van der Waals surface area contributed by atoms with E-state index in [1.807, 2.05) is 47.8 Å². The van der Waals surface area contributed by atoms with Gasteiger partial charge in [-0.3, -0.25) is 4.79 Å². The number of ether oxygens (including phenoxy) is 2. The van der Waals surface area contributed by atoms with Gasteiger partial charge in [0.15, 0.2) is 11.5 Å². The van der Waals surface area contributed by atoms with Gasteiger partial charge < -0.3 is 14.8 Å². The first-order chi connectivity index (χ1) is 14.1. The number of hydrogen-bond acceptors (Lipinski definition) is 6. The van der Waals surface area contributed by atoms with Crippen LogP contribution in [0.2, 0.25) is 0 Å². The third-order valence-electron chi connectivity index (χ3n) is 4.29. The van der Waals surface area contributed by atoms with Crippen molar-refractivity contribution in [3.05, 3.63) is 58.5 Å². The van der Waals surface area contributed by atoms with E-state index in [1.54, 1.807) is 23.1 Å². The monoisotopic (exact) mass is 426 g/mol. The maximum atomic E-state index is 12.7. The summed E-state index contributed by atoms with van der Waals surface area (Å²) in [6, 6.07) is 13.8. The number of nitrogens with one attached hydrogen (secondary N) is 1. The Morgan fingerprint density at radius 1 is 1.17 bits per heavy atom. The number of benzene rings is 2. The molecule has 2 heterocycles. The van der Waals surface area contributed by atoms with Crippen LogP contribution in [0.15, 0.2) is 57.6 Å². The number of aromatic nitrogens is 1. The highest BCUT2D eigenvalue weighted by Gasteiger charge is 2.19. The van der Waals surface area contributed by atoms with Crippen molar-refractivity contribution >= 4 is 34.7 Å². The fourth-order valence-corrected chi connectivity index (χ4v) is 4.66. The summed E-state index contributed by atoms with van der Waals surface area (Å²) in [5.74, 6) is 1.62. The minimum absolute atomic E-state index is 0.0998. The van der Waals surface area contributed by atoms with Crippen LogP contribution in [0.1, 0.15) is 30.5 Å². The molecule has 2 aromatic carbocycles. The van der Waals surface area contributed by atoms with Crippen LogP contribution in [0.3, 0.4) is 0 Å². The van der Waals surface area contributed by atoms with Gasteiger partial charge in [-0.2, -0.15) is 0 Å². The summed E-state index contributed by atoms with van der Waals surface area (Å²) < 4.78 is 11.4. The topological polar surface area (TPSA) is 60.5 Å². The lowest BCUT2D eigenvalue weighted by atomic mass is 10.2. The van der Waals surface area contributed by atoms with Crippen molar-refractivity contribution in [2.75, 3.05) is 18.5 Å². The number of rotatable bonds is 6. The van der Waals surface area contributed by atoms with Gasteiger partial charge in [-0.15, -0.1) is 11.3 Å². The first kappa shape index (κ1) is 19.8. The van der Waals surface area contributed by atoms with Crippen molar-refractivity contribution in [2.45, 2.75) is 36.0 Å². The van der Waals surface area contributed by atoms with Gasteiger partial charge in [0.25, 0.3) is 0 Å². The summed E-state index contributed by atoms with van der Waals surface area (Å²) in [5, 5.41) is 6.04. The van der Waals surface area contributed by atoms with Crippen LogP contribution >= 0.6 is 23.1 Å². The van der Waals surface area contributed by atoms with Crippen LogP contribution in [0.4, 0.5) is 5.69 Å². The molecule has 5 nitrogen and oxygen atoms in total. The van der Waals surface area contributed by atoms with Crippen LogP contribution in [0.25, 0.3) is 0 Å². The Balaban J connectivity index is 1.56. The number of anilines is 1. The maximum absolute atomic E-state index is 12.7. The van der Waals surface area contributed by atoms with E-state index >= 15 is 0 Å². The Bertz CT molecular complexity index is 1000. The van der Waals surface area contributed by atoms with Gasteiger partial charge in [0.2, 0.25) is 5.91 Å². The fourth-order valence-electron chi connectivity index (χ4n) is 2.90. The molecular formula is C22H22N2O3S2. The molecule has 0 saturated carbocycles. The highest BCUT2D eigenvalue weighted by molar-refractivity contribution is 7.99. The number of carbonyl (C=O) groups excluding carboxylic acids is 1. The van der Waals surface area contributed by atoms with E-state index in [2.05, 4.69) is 24.1 Å². The maximum Gasteiger partial charge on any atom is 0.230 e.